The molecule has 0 radical (unpaired) electrons. The fourth-order valence-electron chi connectivity index (χ4n) is 3.27. The van der Waals surface area contributed by atoms with Gasteiger partial charge in [-0.3, -0.25) is 9.36 Å². The minimum Gasteiger partial charge on any atom is -0.504 e. The molecule has 1 aliphatic rings. The Bertz CT molecular complexity index is 1050. The lowest BCUT2D eigenvalue weighted by Crippen LogP contribution is -2.33. The van der Waals surface area contributed by atoms with Crippen LogP contribution >= 0.6 is 27.7 Å². The summed E-state index contributed by atoms with van der Waals surface area (Å²) in [6.07, 6.45) is 3.81. The van der Waals surface area contributed by atoms with Gasteiger partial charge < -0.3 is 20.8 Å². The zero-order chi connectivity index (χ0) is 19.8. The van der Waals surface area contributed by atoms with Gasteiger partial charge in [-0.1, -0.05) is 11.8 Å². The zero-order valence-corrected chi connectivity index (χ0v) is 17.0. The van der Waals surface area contributed by atoms with Crippen LogP contribution in [0, 0.1) is 0 Å². The number of rotatable bonds is 4. The standard InChI is InChI=1S/C17H17BrN6O3S/c18-10-5-11(26)12(27)6-13(10)28-17-22-14-15(19)20-7-21-16(14)24(17)9-1-3-23(8-25)4-2-9/h5-9,26-27H,1-4H2,(H2,19,20,21). The Morgan fingerprint density at radius 1 is 1.21 bits per heavy atom. The summed E-state index contributed by atoms with van der Waals surface area (Å²) in [7, 11) is 0. The number of hydrogen-bond donors (Lipinski definition) is 3. The molecule has 0 spiro atoms. The van der Waals surface area contributed by atoms with Gasteiger partial charge in [0.15, 0.2) is 33.6 Å². The number of likely N-dealkylation sites (tertiary alicyclic amines) is 1. The number of halogens is 1. The lowest BCUT2D eigenvalue weighted by Gasteiger charge is -2.30. The lowest BCUT2D eigenvalue weighted by molar-refractivity contribution is -0.119. The molecule has 0 unspecified atom stereocenters. The maximum Gasteiger partial charge on any atom is 0.209 e. The Hall–Kier alpha value is -2.53. The lowest BCUT2D eigenvalue weighted by atomic mass is 10.1. The predicted molar refractivity (Wildman–Crippen MR) is 107 cm³/mol. The zero-order valence-electron chi connectivity index (χ0n) is 14.6. The normalized spacial score (nSPS) is 15.2. The monoisotopic (exact) mass is 464 g/mol. The van der Waals surface area contributed by atoms with Crippen LogP contribution in [0.25, 0.3) is 11.2 Å². The van der Waals surface area contributed by atoms with E-state index in [1.165, 1.54) is 30.2 Å². The minimum absolute atomic E-state index is 0.0995. The Morgan fingerprint density at radius 2 is 1.93 bits per heavy atom. The summed E-state index contributed by atoms with van der Waals surface area (Å²) in [4.78, 5) is 26.5. The number of amides is 1. The van der Waals surface area contributed by atoms with Crippen LogP contribution in [0.5, 0.6) is 11.5 Å². The number of hydrogen-bond acceptors (Lipinski definition) is 8. The molecule has 1 amide bonds. The predicted octanol–water partition coefficient (Wildman–Crippen LogP) is 2.53. The number of benzene rings is 1. The van der Waals surface area contributed by atoms with Crippen LogP contribution in [0.1, 0.15) is 18.9 Å². The van der Waals surface area contributed by atoms with Crippen LogP contribution in [-0.4, -0.2) is 54.1 Å². The Balaban J connectivity index is 1.78. The number of nitrogen functional groups attached to an aromatic ring is 1. The smallest absolute Gasteiger partial charge is 0.209 e. The number of nitrogens with zero attached hydrogens (tertiary/aromatic N) is 5. The molecule has 0 bridgehead atoms. The molecule has 0 atom stereocenters. The van der Waals surface area contributed by atoms with E-state index in [9.17, 15) is 15.0 Å². The number of imidazole rings is 1. The second kappa shape index (κ2) is 7.47. The molecule has 3 heterocycles. The van der Waals surface area contributed by atoms with E-state index in [2.05, 4.69) is 30.9 Å². The van der Waals surface area contributed by atoms with Crippen LogP contribution in [0.4, 0.5) is 5.82 Å². The van der Waals surface area contributed by atoms with E-state index in [1.54, 1.807) is 4.90 Å². The molecule has 2 aromatic heterocycles. The summed E-state index contributed by atoms with van der Waals surface area (Å²) in [5.41, 5.74) is 7.16. The fraction of sp³-hybridized carbons (Fsp3) is 0.294. The van der Waals surface area contributed by atoms with Crippen molar-refractivity contribution >= 4 is 51.1 Å². The van der Waals surface area contributed by atoms with Gasteiger partial charge in [0, 0.05) is 28.5 Å². The van der Waals surface area contributed by atoms with Crippen LogP contribution in [0.15, 0.2) is 33.0 Å². The first-order valence-corrected chi connectivity index (χ1v) is 10.2. The van der Waals surface area contributed by atoms with E-state index >= 15 is 0 Å². The van der Waals surface area contributed by atoms with Gasteiger partial charge in [0.2, 0.25) is 6.41 Å². The van der Waals surface area contributed by atoms with Crippen molar-refractivity contribution < 1.29 is 15.0 Å². The van der Waals surface area contributed by atoms with Crippen LogP contribution in [0.3, 0.4) is 0 Å². The van der Waals surface area contributed by atoms with E-state index in [0.29, 0.717) is 44.6 Å². The SMILES string of the molecule is Nc1ncnc2c1nc(Sc1cc(O)c(O)cc1Br)n2C1CCN(C=O)CC1. The average molecular weight is 465 g/mol. The van der Waals surface area contributed by atoms with Crippen molar-refractivity contribution in [1.82, 2.24) is 24.4 Å². The molecule has 11 heteroatoms. The molecule has 0 aliphatic carbocycles. The number of carbonyl (C=O) groups is 1. The molecule has 1 fully saturated rings. The average Bonchev–Trinajstić information content (AvgIpc) is 3.05. The molecule has 9 nitrogen and oxygen atoms in total. The van der Waals surface area contributed by atoms with E-state index < -0.39 is 0 Å². The summed E-state index contributed by atoms with van der Waals surface area (Å²) in [5, 5.41) is 20.2. The molecule has 0 saturated carbocycles. The molecular formula is C17H17BrN6O3S. The summed E-state index contributed by atoms with van der Waals surface area (Å²) in [5.74, 6) is -0.128. The van der Waals surface area contributed by atoms with Gasteiger partial charge >= 0.3 is 0 Å². The number of aromatic hydroxyl groups is 2. The molecule has 1 aromatic carbocycles. The second-order valence-corrected chi connectivity index (χ2v) is 8.30. The minimum atomic E-state index is -0.216. The van der Waals surface area contributed by atoms with Crippen molar-refractivity contribution in [2.24, 2.45) is 0 Å². The molecule has 4 N–H and O–H groups in total. The third-order valence-electron chi connectivity index (χ3n) is 4.72. The largest absolute Gasteiger partial charge is 0.504 e. The number of phenols is 2. The number of fused-ring (bicyclic) bond motifs is 1. The van der Waals surface area contributed by atoms with Gasteiger partial charge in [-0.05, 0) is 40.9 Å². The highest BCUT2D eigenvalue weighted by Gasteiger charge is 2.26. The first-order chi connectivity index (χ1) is 13.5. The van der Waals surface area contributed by atoms with Gasteiger partial charge in [-0.25, -0.2) is 15.0 Å². The van der Waals surface area contributed by atoms with E-state index in [0.717, 1.165) is 19.3 Å². The van der Waals surface area contributed by atoms with Crippen molar-refractivity contribution in [3.8, 4) is 11.5 Å². The first kappa shape index (κ1) is 18.8. The highest BCUT2D eigenvalue weighted by molar-refractivity contribution is 9.10. The van der Waals surface area contributed by atoms with Crippen LogP contribution in [0.2, 0.25) is 0 Å². The molecule has 1 aliphatic heterocycles. The summed E-state index contributed by atoms with van der Waals surface area (Å²) in [6.45, 7) is 1.31. The molecule has 146 valence electrons. The second-order valence-electron chi connectivity index (χ2n) is 6.44. The third-order valence-corrected chi connectivity index (χ3v) is 6.66. The topological polar surface area (TPSA) is 130 Å². The van der Waals surface area contributed by atoms with Gasteiger partial charge in [0.05, 0.1) is 0 Å². The maximum absolute atomic E-state index is 11.0. The Morgan fingerprint density at radius 3 is 2.64 bits per heavy atom. The van der Waals surface area contributed by atoms with Crippen LogP contribution in [-0.2, 0) is 4.79 Å². The maximum atomic E-state index is 11.0. The van der Waals surface area contributed by atoms with E-state index in [1.807, 2.05) is 4.57 Å². The summed E-state index contributed by atoms with van der Waals surface area (Å²) >= 11 is 4.73. The number of nitrogens with two attached hydrogens (primary N) is 1. The van der Waals surface area contributed by atoms with Gasteiger partial charge in [0.1, 0.15) is 6.33 Å². The number of anilines is 1. The molecule has 4 rings (SSSR count). The van der Waals surface area contributed by atoms with Gasteiger partial charge in [-0.15, -0.1) is 0 Å². The quantitative estimate of drug-likeness (QED) is 0.396. The van der Waals surface area contributed by atoms with Crippen molar-refractivity contribution in [3.63, 3.8) is 0 Å². The highest BCUT2D eigenvalue weighted by Crippen LogP contribution is 2.42. The number of phenolic OH excluding ortho intramolecular Hbond substituents is 2. The van der Waals surface area contributed by atoms with Crippen LogP contribution < -0.4 is 5.73 Å². The van der Waals surface area contributed by atoms with E-state index in [-0.39, 0.29) is 17.5 Å². The van der Waals surface area contributed by atoms with E-state index in [4.69, 9.17) is 5.73 Å². The first-order valence-electron chi connectivity index (χ1n) is 8.55. The van der Waals surface area contributed by atoms with Crippen molar-refractivity contribution in [2.75, 3.05) is 18.8 Å². The fourth-order valence-corrected chi connectivity index (χ4v) is 4.83. The van der Waals surface area contributed by atoms with Gasteiger partial charge in [-0.2, -0.15) is 0 Å². The van der Waals surface area contributed by atoms with Crippen molar-refractivity contribution in [1.29, 1.82) is 0 Å². The molecule has 28 heavy (non-hydrogen) atoms. The Labute approximate surface area is 172 Å². The number of carbonyl (C=O) groups excluding carboxylic acids is 1. The number of aromatic nitrogens is 4. The highest BCUT2D eigenvalue weighted by atomic mass is 79.9. The van der Waals surface area contributed by atoms with Crippen molar-refractivity contribution in [3.05, 3.63) is 22.9 Å². The van der Waals surface area contributed by atoms with Gasteiger partial charge in [0.25, 0.3) is 0 Å². The Kier molecular flexibility index (Phi) is 5.02. The third kappa shape index (κ3) is 3.35. The molecular weight excluding hydrogens is 448 g/mol. The van der Waals surface area contributed by atoms with Crippen molar-refractivity contribution in [2.45, 2.75) is 28.9 Å². The number of piperidine rings is 1. The molecule has 1 saturated heterocycles. The summed E-state index contributed by atoms with van der Waals surface area (Å²) in [6, 6.07) is 3.00. The molecule has 3 aromatic rings. The summed E-state index contributed by atoms with van der Waals surface area (Å²) < 4.78 is 2.65.